The van der Waals surface area contributed by atoms with Crippen LogP contribution in [0.1, 0.15) is 33.1 Å². The van der Waals surface area contributed by atoms with Gasteiger partial charge in [-0.05, 0) is 13.3 Å². The van der Waals surface area contributed by atoms with E-state index in [1.807, 2.05) is 6.92 Å². The van der Waals surface area contributed by atoms with E-state index in [9.17, 15) is 19.1 Å². The highest BCUT2D eigenvalue weighted by atomic mass is 19.1. The minimum atomic E-state index is -2.27. The summed E-state index contributed by atoms with van der Waals surface area (Å²) in [5, 5.41) is 45.3. The summed E-state index contributed by atoms with van der Waals surface area (Å²) < 4.78 is 13.2. The quantitative estimate of drug-likeness (QED) is 0.272. The maximum absolute atomic E-state index is 13.2. The van der Waals surface area contributed by atoms with E-state index in [1.165, 1.54) is 6.07 Å². The summed E-state index contributed by atoms with van der Waals surface area (Å²) in [6.07, 6.45) is -0.671. The molecule has 172 valence electrons. The Morgan fingerprint density at radius 2 is 1.81 bits per heavy atom. The highest BCUT2D eigenvalue weighted by molar-refractivity contribution is 5.86. The Morgan fingerprint density at radius 1 is 1.23 bits per heavy atom. The lowest BCUT2D eigenvalue weighted by Crippen LogP contribution is -2.39. The van der Waals surface area contributed by atoms with E-state index < -0.39 is 35.5 Å². The van der Waals surface area contributed by atoms with Crippen molar-refractivity contribution in [3.63, 3.8) is 0 Å². The molecule has 0 fully saturated rings. The molecule has 0 amide bonds. The Labute approximate surface area is 176 Å². The first-order valence-electron chi connectivity index (χ1n) is 9.23. The maximum Gasteiger partial charge on any atom is 0.335 e. The van der Waals surface area contributed by atoms with Crippen LogP contribution < -0.4 is 11.1 Å². The van der Waals surface area contributed by atoms with Gasteiger partial charge < -0.3 is 36.6 Å². The molecule has 2 aromatic heterocycles. The fraction of sp³-hybridized carbons (Fsp3) is 0.500. The van der Waals surface area contributed by atoms with Crippen molar-refractivity contribution < 1.29 is 39.5 Å². The van der Waals surface area contributed by atoms with Gasteiger partial charge in [0.2, 0.25) is 5.95 Å². The number of aliphatic hydroxyl groups is 3. The number of unbranched alkanes of at least 4 members (excludes halogenated alkanes) is 1. The highest BCUT2D eigenvalue weighted by Crippen LogP contribution is 2.25. The first-order valence-corrected chi connectivity index (χ1v) is 9.23. The molecule has 0 spiro atoms. The number of fused-ring (bicyclic) bond motifs is 1. The van der Waals surface area contributed by atoms with Gasteiger partial charge in [0.25, 0.3) is 0 Å². The number of aliphatic hydroxyl groups excluding tert-OH is 3. The number of hydrogen-bond acceptors (Lipinski definition) is 10. The van der Waals surface area contributed by atoms with E-state index in [1.54, 1.807) is 0 Å². The second-order valence-electron chi connectivity index (χ2n) is 6.97. The molecular formula is C18H26FN5O7. The van der Waals surface area contributed by atoms with Crippen LogP contribution >= 0.6 is 0 Å². The lowest BCUT2D eigenvalue weighted by molar-refractivity contribution is -0.165. The van der Waals surface area contributed by atoms with Crippen molar-refractivity contribution in [1.82, 2.24) is 15.0 Å². The van der Waals surface area contributed by atoms with Crippen LogP contribution in [0.3, 0.4) is 0 Å². The fourth-order valence-electron chi connectivity index (χ4n) is 2.40. The van der Waals surface area contributed by atoms with Gasteiger partial charge in [0.1, 0.15) is 11.3 Å². The average molecular weight is 443 g/mol. The van der Waals surface area contributed by atoms with Crippen molar-refractivity contribution >= 4 is 34.7 Å². The number of nitrogens with two attached hydrogens (primary N) is 1. The van der Waals surface area contributed by atoms with Crippen LogP contribution in [0.5, 0.6) is 0 Å². The maximum atomic E-state index is 13.2. The van der Waals surface area contributed by atoms with E-state index in [2.05, 4.69) is 27.2 Å². The lowest BCUT2D eigenvalue weighted by atomic mass is 9.96. The number of carboxylic acids is 2. The van der Waals surface area contributed by atoms with Crippen molar-refractivity contribution in [3.05, 3.63) is 18.1 Å². The van der Waals surface area contributed by atoms with Gasteiger partial charge in [0, 0.05) is 6.07 Å². The second-order valence-corrected chi connectivity index (χ2v) is 6.97. The van der Waals surface area contributed by atoms with Gasteiger partial charge >= 0.3 is 11.9 Å². The van der Waals surface area contributed by atoms with E-state index in [-0.39, 0.29) is 12.6 Å². The van der Waals surface area contributed by atoms with Crippen LogP contribution in [-0.2, 0) is 9.59 Å². The molecule has 2 aromatic rings. The first-order chi connectivity index (χ1) is 14.4. The number of halogens is 1. The van der Waals surface area contributed by atoms with Gasteiger partial charge in [-0.3, -0.25) is 0 Å². The molecule has 2 heterocycles. The molecule has 12 nitrogen and oxygen atoms in total. The van der Waals surface area contributed by atoms with Crippen LogP contribution in [0, 0.1) is 5.82 Å². The normalized spacial score (nSPS) is 14.6. The predicted molar refractivity (Wildman–Crippen MR) is 108 cm³/mol. The molecule has 8 N–H and O–H groups in total. The zero-order chi connectivity index (χ0) is 23.8. The predicted octanol–water partition coefficient (Wildman–Crippen LogP) is -0.0234. The molecule has 0 aliphatic heterocycles. The first kappa shape index (κ1) is 25.9. The Bertz CT molecular complexity index is 893. The summed E-state index contributed by atoms with van der Waals surface area (Å²) in [4.78, 5) is 31.7. The number of nitrogens with one attached hydrogen (secondary N) is 1. The van der Waals surface area contributed by atoms with E-state index in [0.29, 0.717) is 16.9 Å². The zero-order valence-electron chi connectivity index (χ0n) is 17.0. The summed E-state index contributed by atoms with van der Waals surface area (Å²) in [5.41, 5.74) is 5.88. The summed E-state index contributed by atoms with van der Waals surface area (Å²) in [7, 11) is 0. The molecule has 2 rings (SSSR count). The summed E-state index contributed by atoms with van der Waals surface area (Å²) in [6, 6.07) is 1.26. The summed E-state index contributed by atoms with van der Waals surface area (Å²) in [5.74, 6) is -3.58. The number of aromatic nitrogens is 3. The second kappa shape index (κ2) is 11.3. The Balaban J connectivity index is 0.000000407. The Morgan fingerprint density at radius 3 is 2.29 bits per heavy atom. The lowest BCUT2D eigenvalue weighted by Gasteiger charge is -2.29. The van der Waals surface area contributed by atoms with Crippen molar-refractivity contribution in [1.29, 1.82) is 0 Å². The van der Waals surface area contributed by atoms with Gasteiger partial charge in [0.05, 0.1) is 23.9 Å². The van der Waals surface area contributed by atoms with Crippen molar-refractivity contribution in [3.8, 4) is 0 Å². The number of rotatable bonds is 9. The summed E-state index contributed by atoms with van der Waals surface area (Å²) >= 11 is 0. The van der Waals surface area contributed by atoms with Crippen LogP contribution in [0.15, 0.2) is 12.3 Å². The van der Waals surface area contributed by atoms with Crippen LogP contribution in [0.25, 0.3) is 11.0 Å². The third-order valence-electron chi connectivity index (χ3n) is 4.18. The van der Waals surface area contributed by atoms with Crippen molar-refractivity contribution in [2.75, 3.05) is 17.7 Å². The molecule has 0 saturated carbocycles. The SMILES string of the molecule is CCCC[C@](C)(CO)Nc1nc(N)nc2cc(F)cnc12.O=C(O)C(O)C(O)C(=O)O. The van der Waals surface area contributed by atoms with Gasteiger partial charge in [-0.1, -0.05) is 19.8 Å². The standard InChI is InChI=1S/C14H20FN5O.C4H6O6/c1-3-4-5-14(2,8-21)20-12-11-10(18-13(16)19-12)6-9(15)7-17-11;5-1(3(7)8)2(6)4(9)10/h6-7,21H,3-5,8H2,1-2H3,(H3,16,18,19,20);1-2,5-6H,(H,7,8)(H,9,10)/t14-;/m1./s1. The number of nitrogen functional groups attached to an aromatic ring is 1. The molecule has 0 aliphatic carbocycles. The number of carbonyl (C=O) groups is 2. The molecule has 13 heteroatoms. The van der Waals surface area contributed by atoms with Crippen molar-refractivity contribution in [2.45, 2.75) is 50.9 Å². The summed E-state index contributed by atoms with van der Waals surface area (Å²) in [6.45, 7) is 3.93. The molecular weight excluding hydrogens is 417 g/mol. The van der Waals surface area contributed by atoms with Crippen LogP contribution in [0.4, 0.5) is 16.2 Å². The van der Waals surface area contributed by atoms with Gasteiger partial charge in [0.15, 0.2) is 18.0 Å². The highest BCUT2D eigenvalue weighted by Gasteiger charge is 2.29. The molecule has 0 saturated heterocycles. The third-order valence-corrected chi connectivity index (χ3v) is 4.18. The molecule has 31 heavy (non-hydrogen) atoms. The molecule has 0 aromatic carbocycles. The molecule has 2 unspecified atom stereocenters. The Hall–Kier alpha value is -3.16. The topological polar surface area (TPSA) is 212 Å². The monoisotopic (exact) mass is 443 g/mol. The largest absolute Gasteiger partial charge is 0.479 e. The Kier molecular flexibility index (Phi) is 9.42. The van der Waals surface area contributed by atoms with Crippen LogP contribution in [-0.4, -0.2) is 76.8 Å². The van der Waals surface area contributed by atoms with E-state index in [0.717, 1.165) is 25.5 Å². The fourth-order valence-corrected chi connectivity index (χ4v) is 2.40. The van der Waals surface area contributed by atoms with Crippen LogP contribution in [0.2, 0.25) is 0 Å². The molecule has 0 bridgehead atoms. The zero-order valence-corrected chi connectivity index (χ0v) is 17.0. The molecule has 3 atom stereocenters. The molecule has 0 radical (unpaired) electrons. The average Bonchev–Trinajstić information content (AvgIpc) is 2.70. The smallest absolute Gasteiger partial charge is 0.335 e. The number of carboxylic acid groups (broad SMARTS) is 2. The van der Waals surface area contributed by atoms with E-state index in [4.69, 9.17) is 26.2 Å². The van der Waals surface area contributed by atoms with Crippen molar-refractivity contribution in [2.24, 2.45) is 0 Å². The van der Waals surface area contributed by atoms with E-state index >= 15 is 0 Å². The number of hydrogen-bond donors (Lipinski definition) is 7. The minimum Gasteiger partial charge on any atom is -0.479 e. The number of anilines is 2. The van der Waals surface area contributed by atoms with Gasteiger partial charge in [-0.15, -0.1) is 0 Å². The third kappa shape index (κ3) is 7.55. The molecule has 0 aliphatic rings. The minimum absolute atomic E-state index is 0.0354. The number of aliphatic carboxylic acids is 2. The number of pyridine rings is 1. The number of nitrogens with zero attached hydrogens (tertiary/aromatic N) is 3. The van der Waals surface area contributed by atoms with Gasteiger partial charge in [-0.25, -0.2) is 23.9 Å². The van der Waals surface area contributed by atoms with Gasteiger partial charge in [-0.2, -0.15) is 4.98 Å².